The third kappa shape index (κ3) is 5.47. The molecule has 0 aliphatic rings. The predicted molar refractivity (Wildman–Crippen MR) is 127 cm³/mol. The number of rotatable bonds is 8. The first-order chi connectivity index (χ1) is 16.0. The van der Waals surface area contributed by atoms with Gasteiger partial charge in [0.25, 0.3) is 15.8 Å². The van der Waals surface area contributed by atoms with E-state index in [4.69, 9.17) is 5.73 Å². The summed E-state index contributed by atoms with van der Waals surface area (Å²) >= 11 is 0. The second-order valence-corrected chi connectivity index (χ2v) is 9.33. The topological polar surface area (TPSA) is 154 Å². The van der Waals surface area contributed by atoms with E-state index < -0.39 is 26.5 Å². The quantitative estimate of drug-likeness (QED) is 0.191. The summed E-state index contributed by atoms with van der Waals surface area (Å²) in [5.41, 5.74) is 5.78. The van der Waals surface area contributed by atoms with Crippen LogP contribution in [0.4, 0.5) is 17.1 Å². The lowest BCUT2D eigenvalue weighted by molar-refractivity contribution is -0.597. The van der Waals surface area contributed by atoms with Crippen LogP contribution in [0, 0.1) is 6.92 Å². The molecule has 4 N–H and O–H groups in total. The molecule has 3 rings (SSSR count). The highest BCUT2D eigenvalue weighted by Crippen LogP contribution is 2.34. The number of nitrogens with zero attached hydrogens (tertiary/aromatic N) is 5. The van der Waals surface area contributed by atoms with Gasteiger partial charge in [0.15, 0.2) is 18.1 Å². The van der Waals surface area contributed by atoms with E-state index in [0.29, 0.717) is 18.5 Å². The summed E-state index contributed by atoms with van der Waals surface area (Å²) in [5.74, 6) is -0.394. The van der Waals surface area contributed by atoms with E-state index >= 15 is 0 Å². The van der Waals surface area contributed by atoms with E-state index in [1.165, 1.54) is 16.7 Å². The van der Waals surface area contributed by atoms with Gasteiger partial charge in [0.05, 0.1) is 5.56 Å². The van der Waals surface area contributed by atoms with Gasteiger partial charge in [-0.25, -0.2) is 0 Å². The Morgan fingerprint density at radius 1 is 1.15 bits per heavy atom. The highest BCUT2D eigenvalue weighted by atomic mass is 32.2. The maximum atomic E-state index is 13.3. The fourth-order valence-corrected chi connectivity index (χ4v) is 4.10. The fraction of sp³-hybridized carbons (Fsp3) is 0.273. The normalized spacial score (nSPS) is 12.0. The number of aromatic nitrogens is 2. The average Bonchev–Trinajstić information content (AvgIpc) is 2.76. The minimum atomic E-state index is -4.63. The van der Waals surface area contributed by atoms with Crippen LogP contribution in [0.2, 0.25) is 0 Å². The minimum Gasteiger partial charge on any atom is -0.493 e. The van der Waals surface area contributed by atoms with Crippen molar-refractivity contribution in [2.45, 2.75) is 24.8 Å². The van der Waals surface area contributed by atoms with Crippen molar-refractivity contribution in [3.8, 4) is 11.6 Å². The predicted octanol–water partition coefficient (Wildman–Crippen LogP) is 2.34. The van der Waals surface area contributed by atoms with Gasteiger partial charge in [-0.3, -0.25) is 13.9 Å². The Balaban J connectivity index is 2.20. The van der Waals surface area contributed by atoms with Crippen LogP contribution in [0.3, 0.4) is 0 Å². The van der Waals surface area contributed by atoms with Crippen LogP contribution in [-0.4, -0.2) is 48.2 Å². The van der Waals surface area contributed by atoms with Crippen LogP contribution in [0.15, 0.2) is 68.7 Å². The van der Waals surface area contributed by atoms with Crippen molar-refractivity contribution < 1.29 is 22.6 Å². The fourth-order valence-electron chi connectivity index (χ4n) is 3.44. The van der Waals surface area contributed by atoms with Crippen molar-refractivity contribution in [2.75, 3.05) is 26.4 Å². The molecule has 3 aromatic rings. The Bertz CT molecular complexity index is 1390. The summed E-state index contributed by atoms with van der Waals surface area (Å²) in [4.78, 5) is 14.7. The standard InChI is InChI=1S/C22H26N6O5S/c1-15-19(25-24-17-9-8-16(23)14-18(17)34(31,32)33)21(29)28(13-7-10-26(2)3)22(30)20(15)27-11-5-4-6-12-27/h4-6,8-9,11-12,14H,7,10,13H2,1-3H3,(H3-,23,24,25,29,30,31,32,33)/p+1. The van der Waals surface area contributed by atoms with E-state index in [-0.39, 0.29) is 29.3 Å². The lowest BCUT2D eigenvalue weighted by Gasteiger charge is -2.14. The van der Waals surface area contributed by atoms with Crippen molar-refractivity contribution in [2.24, 2.45) is 10.2 Å². The van der Waals surface area contributed by atoms with Gasteiger partial charge in [0.2, 0.25) is 5.88 Å². The van der Waals surface area contributed by atoms with Gasteiger partial charge in [-0.15, -0.1) is 10.2 Å². The highest BCUT2D eigenvalue weighted by molar-refractivity contribution is 7.86. The smallest absolute Gasteiger partial charge is 0.326 e. The number of hydrogen-bond donors (Lipinski definition) is 3. The van der Waals surface area contributed by atoms with Gasteiger partial charge in [-0.2, -0.15) is 13.0 Å². The Morgan fingerprint density at radius 2 is 1.82 bits per heavy atom. The van der Waals surface area contributed by atoms with Crippen LogP contribution in [0.1, 0.15) is 12.0 Å². The van der Waals surface area contributed by atoms with Crippen molar-refractivity contribution in [1.29, 1.82) is 0 Å². The Labute approximate surface area is 197 Å². The van der Waals surface area contributed by atoms with Gasteiger partial charge in [-0.05, 0) is 52.2 Å². The van der Waals surface area contributed by atoms with E-state index in [9.17, 15) is 22.9 Å². The molecular weight excluding hydrogens is 460 g/mol. The summed E-state index contributed by atoms with van der Waals surface area (Å²) in [6.45, 7) is 2.53. The van der Waals surface area contributed by atoms with Gasteiger partial charge in [0.1, 0.15) is 10.6 Å². The molecule has 0 radical (unpaired) electrons. The SMILES string of the molecule is Cc1c(N=Nc2ccc(N)cc2S(=O)(=O)O)c(O)n(CCCN(C)C)c(=O)c1-[n+]1ccccc1. The molecule has 0 spiro atoms. The number of nitrogen functional groups attached to an aromatic ring is 1. The zero-order valence-electron chi connectivity index (χ0n) is 19.1. The molecule has 12 heteroatoms. The summed E-state index contributed by atoms with van der Waals surface area (Å²) in [6, 6.07) is 9.08. The molecule has 0 saturated carbocycles. The molecule has 2 heterocycles. The van der Waals surface area contributed by atoms with Gasteiger partial charge in [0, 0.05) is 24.4 Å². The Hall–Kier alpha value is -3.61. The first-order valence-corrected chi connectivity index (χ1v) is 11.8. The summed E-state index contributed by atoms with van der Waals surface area (Å²) in [6.07, 6.45) is 3.98. The maximum Gasteiger partial charge on any atom is 0.326 e. The second kappa shape index (κ2) is 10.1. The van der Waals surface area contributed by atoms with Crippen molar-refractivity contribution >= 4 is 27.2 Å². The number of hydrogen-bond acceptors (Lipinski definition) is 8. The first kappa shape index (κ1) is 25.0. The summed E-state index contributed by atoms with van der Waals surface area (Å²) in [7, 11) is -0.817. The molecule has 2 aromatic heterocycles. The molecule has 0 saturated heterocycles. The molecule has 0 unspecified atom stereocenters. The van der Waals surface area contributed by atoms with Crippen molar-refractivity contribution in [1.82, 2.24) is 9.47 Å². The van der Waals surface area contributed by atoms with Crippen LogP contribution in [-0.2, 0) is 16.7 Å². The van der Waals surface area contributed by atoms with Crippen LogP contribution < -0.4 is 15.9 Å². The zero-order valence-corrected chi connectivity index (χ0v) is 19.9. The van der Waals surface area contributed by atoms with Gasteiger partial charge < -0.3 is 15.7 Å². The van der Waals surface area contributed by atoms with E-state index in [0.717, 1.165) is 6.07 Å². The van der Waals surface area contributed by atoms with Crippen LogP contribution >= 0.6 is 0 Å². The van der Waals surface area contributed by atoms with Crippen molar-refractivity contribution in [3.05, 3.63) is 64.7 Å². The molecule has 0 atom stereocenters. The Kier molecular flexibility index (Phi) is 7.44. The molecule has 180 valence electrons. The Morgan fingerprint density at radius 3 is 2.44 bits per heavy atom. The van der Waals surface area contributed by atoms with Crippen LogP contribution in [0.5, 0.6) is 5.88 Å². The number of benzene rings is 1. The molecule has 0 fully saturated rings. The molecule has 1 aromatic carbocycles. The number of aromatic hydroxyl groups is 1. The molecular formula is C22H27N6O5S+. The average molecular weight is 488 g/mol. The number of anilines is 1. The largest absolute Gasteiger partial charge is 0.493 e. The van der Waals surface area contributed by atoms with Gasteiger partial charge >= 0.3 is 5.56 Å². The minimum absolute atomic E-state index is 0.00563. The molecule has 0 amide bonds. The third-order valence-corrected chi connectivity index (χ3v) is 5.99. The molecule has 0 aliphatic heterocycles. The monoisotopic (exact) mass is 487 g/mol. The zero-order chi connectivity index (χ0) is 25.0. The van der Waals surface area contributed by atoms with Crippen LogP contribution in [0.25, 0.3) is 5.69 Å². The van der Waals surface area contributed by atoms with E-state index in [1.54, 1.807) is 42.1 Å². The molecule has 0 aliphatic carbocycles. The second-order valence-electron chi connectivity index (χ2n) is 7.94. The lowest BCUT2D eigenvalue weighted by atomic mass is 10.2. The summed E-state index contributed by atoms with van der Waals surface area (Å²) in [5, 5.41) is 19.0. The van der Waals surface area contributed by atoms with E-state index in [2.05, 4.69) is 10.2 Å². The number of pyridine rings is 2. The summed E-state index contributed by atoms with van der Waals surface area (Å²) < 4.78 is 35.9. The molecule has 0 bridgehead atoms. The first-order valence-electron chi connectivity index (χ1n) is 10.4. The third-order valence-electron chi connectivity index (χ3n) is 5.11. The van der Waals surface area contributed by atoms with Gasteiger partial charge in [-0.1, -0.05) is 6.07 Å². The number of azo groups is 1. The maximum absolute atomic E-state index is 13.3. The van der Waals surface area contributed by atoms with Crippen molar-refractivity contribution in [3.63, 3.8) is 0 Å². The highest BCUT2D eigenvalue weighted by Gasteiger charge is 2.26. The lowest BCUT2D eigenvalue weighted by Crippen LogP contribution is -2.40. The molecule has 34 heavy (non-hydrogen) atoms. The van der Waals surface area contributed by atoms with E-state index in [1.807, 2.05) is 19.0 Å². The molecule has 11 nitrogen and oxygen atoms in total. The number of nitrogens with two attached hydrogens (primary N) is 1.